The summed E-state index contributed by atoms with van der Waals surface area (Å²) in [5, 5.41) is 12.6. The predicted molar refractivity (Wildman–Crippen MR) is 155 cm³/mol. The SMILES string of the molecule is Cn1cncc1C(C)(O)C1=Cc2cccnc2[C@@H](N2CCN(C(=O)OC3(C)CCCC3)CC2)c2ccc(Cl)cc21. The molecule has 3 aromatic rings. The summed E-state index contributed by atoms with van der Waals surface area (Å²) in [6.07, 6.45) is 11.1. The van der Waals surface area contributed by atoms with Crippen molar-refractivity contribution < 1.29 is 14.6 Å². The Bertz CT molecular complexity index is 1450. The minimum absolute atomic E-state index is 0.176. The molecule has 1 aromatic carbocycles. The monoisotopic (exact) mass is 561 g/mol. The fourth-order valence-electron chi connectivity index (χ4n) is 6.56. The summed E-state index contributed by atoms with van der Waals surface area (Å²) in [6, 6.07) is 9.66. The first-order valence-corrected chi connectivity index (χ1v) is 14.4. The van der Waals surface area contributed by atoms with Crippen molar-refractivity contribution in [2.75, 3.05) is 26.2 Å². The van der Waals surface area contributed by atoms with Gasteiger partial charge >= 0.3 is 6.09 Å². The lowest BCUT2D eigenvalue weighted by Gasteiger charge is -2.40. The van der Waals surface area contributed by atoms with Crippen LogP contribution >= 0.6 is 11.6 Å². The van der Waals surface area contributed by atoms with Crippen molar-refractivity contribution in [3.05, 3.63) is 82.2 Å². The normalized spacial score (nSPS) is 22.1. The summed E-state index contributed by atoms with van der Waals surface area (Å²) in [4.78, 5) is 26.4. The van der Waals surface area contributed by atoms with Gasteiger partial charge in [-0.2, -0.15) is 0 Å². The Morgan fingerprint density at radius 3 is 2.62 bits per heavy atom. The maximum Gasteiger partial charge on any atom is 0.410 e. The van der Waals surface area contributed by atoms with Crippen molar-refractivity contribution in [1.29, 1.82) is 0 Å². The van der Waals surface area contributed by atoms with Gasteiger partial charge in [0, 0.05) is 44.4 Å². The Kier molecular flexibility index (Phi) is 6.97. The zero-order valence-electron chi connectivity index (χ0n) is 23.3. The number of fused-ring (bicyclic) bond motifs is 2. The number of amides is 1. The zero-order chi connectivity index (χ0) is 28.1. The first kappa shape index (κ1) is 27.0. The summed E-state index contributed by atoms with van der Waals surface area (Å²) < 4.78 is 7.79. The van der Waals surface area contributed by atoms with Crippen molar-refractivity contribution in [3.63, 3.8) is 0 Å². The number of benzene rings is 1. The molecule has 0 radical (unpaired) electrons. The molecule has 2 fully saturated rings. The maximum absolute atomic E-state index is 13.0. The molecule has 8 nitrogen and oxygen atoms in total. The number of aryl methyl sites for hydroxylation is 1. The van der Waals surface area contributed by atoms with E-state index in [1.54, 1.807) is 19.4 Å². The van der Waals surface area contributed by atoms with Gasteiger partial charge < -0.3 is 19.3 Å². The van der Waals surface area contributed by atoms with Gasteiger partial charge in [-0.15, -0.1) is 0 Å². The van der Waals surface area contributed by atoms with Crippen molar-refractivity contribution in [3.8, 4) is 0 Å². The van der Waals surface area contributed by atoms with Gasteiger partial charge in [0.05, 0.1) is 30.0 Å². The third-order valence-corrected chi connectivity index (χ3v) is 9.04. The fourth-order valence-corrected chi connectivity index (χ4v) is 6.73. The molecule has 2 atom stereocenters. The van der Waals surface area contributed by atoms with Gasteiger partial charge in [0.25, 0.3) is 0 Å². The second-order valence-corrected chi connectivity index (χ2v) is 12.1. The van der Waals surface area contributed by atoms with Crippen molar-refractivity contribution in [2.45, 2.75) is 56.8 Å². The van der Waals surface area contributed by atoms with E-state index in [0.29, 0.717) is 36.9 Å². The fraction of sp³-hybridized carbons (Fsp3) is 0.452. The van der Waals surface area contributed by atoms with E-state index < -0.39 is 5.60 Å². The zero-order valence-corrected chi connectivity index (χ0v) is 24.1. The summed E-state index contributed by atoms with van der Waals surface area (Å²) >= 11 is 6.57. The first-order valence-electron chi connectivity index (χ1n) is 14.0. The molecule has 40 heavy (non-hydrogen) atoms. The molecule has 1 aliphatic heterocycles. The number of hydrogen-bond donors (Lipinski definition) is 1. The second-order valence-electron chi connectivity index (χ2n) is 11.7. The largest absolute Gasteiger partial charge is 0.443 e. The van der Waals surface area contributed by atoms with Crippen LogP contribution in [-0.4, -0.2) is 67.3 Å². The predicted octanol–water partition coefficient (Wildman–Crippen LogP) is 5.41. The molecule has 1 unspecified atom stereocenters. The molecule has 1 N–H and O–H groups in total. The molecular formula is C31H36ClN5O3. The van der Waals surface area contributed by atoms with E-state index in [9.17, 15) is 9.90 Å². The number of nitrogens with zero attached hydrogens (tertiary/aromatic N) is 5. The number of pyridine rings is 1. The number of piperazine rings is 1. The van der Waals surface area contributed by atoms with Crippen LogP contribution in [0.3, 0.4) is 0 Å². The molecule has 1 saturated heterocycles. The molecule has 3 heterocycles. The van der Waals surface area contributed by atoms with Gasteiger partial charge in [0.1, 0.15) is 11.2 Å². The van der Waals surface area contributed by atoms with Crippen LogP contribution in [0, 0.1) is 0 Å². The summed E-state index contributed by atoms with van der Waals surface area (Å²) in [5.41, 5.74) is 3.47. The number of ether oxygens (including phenoxy) is 1. The highest BCUT2D eigenvalue weighted by atomic mass is 35.5. The highest BCUT2D eigenvalue weighted by Crippen LogP contribution is 2.46. The lowest BCUT2D eigenvalue weighted by Crippen LogP contribution is -2.51. The number of imidazole rings is 1. The minimum atomic E-state index is -1.34. The average molecular weight is 562 g/mol. The van der Waals surface area contributed by atoms with E-state index in [2.05, 4.69) is 16.8 Å². The molecular weight excluding hydrogens is 526 g/mol. The van der Waals surface area contributed by atoms with Gasteiger partial charge in [0.15, 0.2) is 0 Å². The molecule has 6 rings (SSSR count). The number of aliphatic hydroxyl groups is 1. The Labute approximate surface area is 240 Å². The summed E-state index contributed by atoms with van der Waals surface area (Å²) in [6.45, 7) is 6.33. The number of halogens is 1. The molecule has 3 aliphatic rings. The average Bonchev–Trinajstić information content (AvgIpc) is 3.54. The van der Waals surface area contributed by atoms with E-state index in [4.69, 9.17) is 21.3 Å². The Hall–Kier alpha value is -3.20. The first-order chi connectivity index (χ1) is 19.2. The molecule has 0 spiro atoms. The lowest BCUT2D eigenvalue weighted by atomic mass is 9.84. The van der Waals surface area contributed by atoms with Crippen LogP contribution in [0.5, 0.6) is 0 Å². The number of carbonyl (C=O) groups excluding carboxylic acids is 1. The van der Waals surface area contributed by atoms with E-state index in [0.717, 1.165) is 53.6 Å². The highest BCUT2D eigenvalue weighted by molar-refractivity contribution is 6.30. The lowest BCUT2D eigenvalue weighted by molar-refractivity contribution is -0.00388. The van der Waals surface area contributed by atoms with Crippen LogP contribution in [0.25, 0.3) is 11.6 Å². The third kappa shape index (κ3) is 4.82. The number of carbonyl (C=O) groups is 1. The van der Waals surface area contributed by atoms with E-state index in [1.165, 1.54) is 0 Å². The van der Waals surface area contributed by atoms with E-state index in [1.807, 2.05) is 59.1 Å². The van der Waals surface area contributed by atoms with Gasteiger partial charge in [0.2, 0.25) is 0 Å². The third-order valence-electron chi connectivity index (χ3n) is 8.80. The van der Waals surface area contributed by atoms with E-state index >= 15 is 0 Å². The maximum atomic E-state index is 13.0. The Morgan fingerprint density at radius 2 is 1.93 bits per heavy atom. The van der Waals surface area contributed by atoms with Gasteiger partial charge in [-0.25, -0.2) is 9.78 Å². The molecule has 1 saturated carbocycles. The summed E-state index contributed by atoms with van der Waals surface area (Å²) in [7, 11) is 1.88. The molecule has 2 aromatic heterocycles. The van der Waals surface area contributed by atoms with Crippen molar-refractivity contribution in [1.82, 2.24) is 24.3 Å². The van der Waals surface area contributed by atoms with Crippen LogP contribution in [0.1, 0.15) is 73.7 Å². The minimum Gasteiger partial charge on any atom is -0.443 e. The van der Waals surface area contributed by atoms with Crippen LogP contribution < -0.4 is 0 Å². The van der Waals surface area contributed by atoms with Crippen LogP contribution in [0.4, 0.5) is 4.79 Å². The highest BCUT2D eigenvalue weighted by Gasteiger charge is 2.40. The van der Waals surface area contributed by atoms with Crippen LogP contribution in [0.15, 0.2) is 49.1 Å². The quantitative estimate of drug-likeness (QED) is 0.459. The molecule has 1 amide bonds. The van der Waals surface area contributed by atoms with Gasteiger partial charge in [-0.3, -0.25) is 9.88 Å². The molecule has 2 aliphatic carbocycles. The smallest absolute Gasteiger partial charge is 0.410 e. The molecule has 9 heteroatoms. The van der Waals surface area contributed by atoms with E-state index in [-0.39, 0.29) is 17.7 Å². The molecule has 0 bridgehead atoms. The number of rotatable bonds is 4. The summed E-state index contributed by atoms with van der Waals surface area (Å²) in [5.74, 6) is 0. The van der Waals surface area contributed by atoms with Gasteiger partial charge in [-0.1, -0.05) is 23.7 Å². The van der Waals surface area contributed by atoms with Crippen molar-refractivity contribution >= 4 is 29.3 Å². The van der Waals surface area contributed by atoms with Crippen LogP contribution in [0.2, 0.25) is 5.02 Å². The second kappa shape index (κ2) is 10.3. The van der Waals surface area contributed by atoms with Crippen LogP contribution in [-0.2, 0) is 17.4 Å². The molecule has 210 valence electrons. The topological polar surface area (TPSA) is 83.7 Å². The Balaban J connectivity index is 1.35. The van der Waals surface area contributed by atoms with Crippen molar-refractivity contribution in [2.24, 2.45) is 7.05 Å². The Morgan fingerprint density at radius 1 is 1.18 bits per heavy atom. The number of aromatic nitrogens is 3. The van der Waals surface area contributed by atoms with Gasteiger partial charge in [-0.05, 0) is 86.1 Å². The standard InChI is InChI=1S/C31H36ClN5O3/c1-30(10-4-5-11-30)40-29(38)37-15-13-36(14-16-37)28-23-9-8-22(32)18-24(23)25(17-21-7-6-12-34-27(21)28)31(2,39)26-19-33-20-35(26)3/h6-9,12,17-20,28,39H,4-5,10-11,13-16H2,1-3H3/t28-,31?/m0/s1. The number of hydrogen-bond acceptors (Lipinski definition) is 6.